The Morgan fingerprint density at radius 2 is 1.81 bits per heavy atom. The molecule has 0 aliphatic carbocycles. The van der Waals surface area contributed by atoms with Crippen LogP contribution < -0.4 is 19.7 Å². The van der Waals surface area contributed by atoms with E-state index in [2.05, 4.69) is 31.3 Å². The van der Waals surface area contributed by atoms with Gasteiger partial charge in [-0.2, -0.15) is 0 Å². The van der Waals surface area contributed by atoms with Crippen LogP contribution in [0.15, 0.2) is 42.5 Å². The minimum Gasteiger partial charge on any atom is -0.493 e. The second-order valence-corrected chi connectivity index (χ2v) is 6.94. The summed E-state index contributed by atoms with van der Waals surface area (Å²) in [6.07, 6.45) is 1.10. The summed E-state index contributed by atoms with van der Waals surface area (Å²) in [5, 5.41) is 2.98. The van der Waals surface area contributed by atoms with Gasteiger partial charge in [-0.25, -0.2) is 0 Å². The van der Waals surface area contributed by atoms with Gasteiger partial charge in [-0.05, 0) is 42.2 Å². The predicted molar refractivity (Wildman–Crippen MR) is 109 cm³/mol. The number of carbonyl (C=O) groups excluding carboxylic acids is 1. The largest absolute Gasteiger partial charge is 0.493 e. The van der Waals surface area contributed by atoms with Crippen molar-refractivity contribution in [1.82, 2.24) is 0 Å². The minimum absolute atomic E-state index is 0.00865. The van der Waals surface area contributed by atoms with Crippen LogP contribution in [0.2, 0.25) is 0 Å². The van der Waals surface area contributed by atoms with Gasteiger partial charge in [0.2, 0.25) is 0 Å². The first-order chi connectivity index (χ1) is 13.0. The van der Waals surface area contributed by atoms with Gasteiger partial charge in [0.25, 0.3) is 5.91 Å². The number of amides is 1. The Morgan fingerprint density at radius 1 is 1.11 bits per heavy atom. The zero-order chi connectivity index (χ0) is 19.8. The molecule has 2 rings (SSSR count). The zero-order valence-corrected chi connectivity index (χ0v) is 17.0. The number of hydrogen-bond acceptors (Lipinski definition) is 3. The highest BCUT2D eigenvalue weighted by atomic mass is 16.5. The number of quaternary nitrogens is 1. The van der Waals surface area contributed by atoms with Crippen molar-refractivity contribution in [3.8, 4) is 11.5 Å². The molecule has 0 saturated heterocycles. The summed E-state index contributed by atoms with van der Waals surface area (Å²) >= 11 is 0. The van der Waals surface area contributed by atoms with Crippen molar-refractivity contribution in [2.24, 2.45) is 0 Å². The van der Waals surface area contributed by atoms with Crippen LogP contribution >= 0.6 is 0 Å². The minimum atomic E-state index is -0.00865. The lowest BCUT2D eigenvalue weighted by atomic mass is 9.99. The molecule has 0 aromatic heterocycles. The fourth-order valence-corrected chi connectivity index (χ4v) is 3.09. The number of hydrogen-bond donors (Lipinski definition) is 2. The van der Waals surface area contributed by atoms with E-state index in [4.69, 9.17) is 9.47 Å². The highest BCUT2D eigenvalue weighted by molar-refractivity contribution is 5.91. The van der Waals surface area contributed by atoms with E-state index in [0.29, 0.717) is 24.8 Å². The summed E-state index contributed by atoms with van der Waals surface area (Å²) in [7, 11) is 5.25. The first-order valence-corrected chi connectivity index (χ1v) is 9.39. The highest BCUT2D eigenvalue weighted by Gasteiger charge is 2.16. The van der Waals surface area contributed by atoms with E-state index in [-0.39, 0.29) is 5.91 Å². The summed E-state index contributed by atoms with van der Waals surface area (Å²) in [6.45, 7) is 5.42. The standard InChI is InChI=1S/C22H30N2O3/c1-6-16(2)17-10-12-19(13-11-17)23-21(25)15-24(3)14-18-8-7-9-20(26-4)22(18)27-5/h7-13,16H,6,14-15H2,1-5H3,(H,23,25)/p+1/t16-/m1/s1. The van der Waals surface area contributed by atoms with Gasteiger partial charge in [-0.3, -0.25) is 4.79 Å². The number of nitrogens with one attached hydrogen (secondary N) is 2. The van der Waals surface area contributed by atoms with Gasteiger partial charge in [0.05, 0.1) is 26.8 Å². The molecule has 2 aromatic rings. The number of methoxy groups -OCH3 is 2. The van der Waals surface area contributed by atoms with Crippen molar-refractivity contribution >= 4 is 11.6 Å². The van der Waals surface area contributed by atoms with Crippen LogP contribution in [0.3, 0.4) is 0 Å². The molecule has 0 fully saturated rings. The van der Waals surface area contributed by atoms with Gasteiger partial charge in [0.15, 0.2) is 18.0 Å². The summed E-state index contributed by atoms with van der Waals surface area (Å²) in [5.41, 5.74) is 3.14. The number of likely N-dealkylation sites (N-methyl/N-ethyl adjacent to an activating group) is 1. The van der Waals surface area contributed by atoms with Gasteiger partial charge in [0.1, 0.15) is 6.54 Å². The Hall–Kier alpha value is -2.53. The lowest BCUT2D eigenvalue weighted by molar-refractivity contribution is -0.885. The Kier molecular flexibility index (Phi) is 7.67. The Morgan fingerprint density at radius 3 is 2.41 bits per heavy atom. The van der Waals surface area contributed by atoms with Crippen LogP contribution in [0.4, 0.5) is 5.69 Å². The number of para-hydroxylation sites is 1. The molecule has 1 unspecified atom stereocenters. The number of benzene rings is 2. The molecule has 0 aliphatic rings. The Bertz CT molecular complexity index is 744. The smallest absolute Gasteiger partial charge is 0.279 e. The third-order valence-electron chi connectivity index (χ3n) is 4.81. The maximum atomic E-state index is 12.4. The molecule has 0 radical (unpaired) electrons. The Balaban J connectivity index is 1.94. The van der Waals surface area contributed by atoms with Gasteiger partial charge < -0.3 is 19.7 Å². The van der Waals surface area contributed by atoms with Crippen LogP contribution in [0.5, 0.6) is 11.5 Å². The number of rotatable bonds is 9. The van der Waals surface area contributed by atoms with Gasteiger partial charge >= 0.3 is 0 Å². The van der Waals surface area contributed by atoms with Crippen molar-refractivity contribution in [2.75, 3.05) is 33.1 Å². The first kappa shape index (κ1) is 20.8. The third kappa shape index (κ3) is 5.73. The molecule has 2 atom stereocenters. The van der Waals surface area contributed by atoms with Crippen LogP contribution in [0, 0.1) is 0 Å². The van der Waals surface area contributed by atoms with Crippen molar-refractivity contribution in [3.63, 3.8) is 0 Å². The topological polar surface area (TPSA) is 52.0 Å². The molecule has 5 nitrogen and oxygen atoms in total. The molecule has 0 saturated carbocycles. The number of anilines is 1. The predicted octanol–water partition coefficient (Wildman–Crippen LogP) is 2.87. The lowest BCUT2D eigenvalue weighted by Gasteiger charge is -2.17. The average molecular weight is 372 g/mol. The molecule has 1 amide bonds. The molecule has 0 aliphatic heterocycles. The van der Waals surface area contributed by atoms with Crippen LogP contribution in [0.1, 0.15) is 37.3 Å². The monoisotopic (exact) mass is 371 g/mol. The molecule has 2 N–H and O–H groups in total. The van der Waals surface area contributed by atoms with Gasteiger partial charge in [-0.1, -0.05) is 32.0 Å². The second-order valence-electron chi connectivity index (χ2n) is 6.94. The summed E-state index contributed by atoms with van der Waals surface area (Å²) in [5.74, 6) is 1.95. The first-order valence-electron chi connectivity index (χ1n) is 9.39. The van der Waals surface area contributed by atoms with E-state index in [1.165, 1.54) is 5.56 Å². The van der Waals surface area contributed by atoms with E-state index in [0.717, 1.165) is 28.3 Å². The summed E-state index contributed by atoms with van der Waals surface area (Å²) < 4.78 is 10.8. The molecule has 0 bridgehead atoms. The van der Waals surface area contributed by atoms with Crippen molar-refractivity contribution in [2.45, 2.75) is 32.7 Å². The van der Waals surface area contributed by atoms with Crippen molar-refractivity contribution in [1.29, 1.82) is 0 Å². The molecule has 27 heavy (non-hydrogen) atoms. The maximum Gasteiger partial charge on any atom is 0.279 e. The second kappa shape index (κ2) is 9.97. The van der Waals surface area contributed by atoms with E-state index in [9.17, 15) is 4.79 Å². The molecular formula is C22H31N2O3+. The zero-order valence-electron chi connectivity index (χ0n) is 17.0. The van der Waals surface area contributed by atoms with Crippen LogP contribution in [-0.4, -0.2) is 33.7 Å². The maximum absolute atomic E-state index is 12.4. The van der Waals surface area contributed by atoms with E-state index < -0.39 is 0 Å². The third-order valence-corrected chi connectivity index (χ3v) is 4.81. The summed E-state index contributed by atoms with van der Waals surface area (Å²) in [6, 6.07) is 13.9. The van der Waals surface area contributed by atoms with Crippen LogP contribution in [-0.2, 0) is 11.3 Å². The molecular weight excluding hydrogens is 340 g/mol. The molecule has 0 heterocycles. The molecule has 2 aromatic carbocycles. The van der Waals surface area contributed by atoms with Crippen molar-refractivity contribution < 1.29 is 19.2 Å². The Labute approximate surface area is 162 Å². The summed E-state index contributed by atoms with van der Waals surface area (Å²) in [4.78, 5) is 13.4. The molecule has 146 valence electrons. The average Bonchev–Trinajstić information content (AvgIpc) is 2.67. The SMILES string of the molecule is CC[C@@H](C)c1ccc(NC(=O)C[NH+](C)Cc2cccc(OC)c2OC)cc1. The van der Waals surface area contributed by atoms with E-state index in [1.54, 1.807) is 14.2 Å². The number of carbonyl (C=O) groups is 1. The normalized spacial score (nSPS) is 12.9. The highest BCUT2D eigenvalue weighted by Crippen LogP contribution is 2.30. The van der Waals surface area contributed by atoms with Gasteiger partial charge in [-0.15, -0.1) is 0 Å². The quantitative estimate of drug-likeness (QED) is 0.713. The molecule has 5 heteroatoms. The molecule has 0 spiro atoms. The lowest BCUT2D eigenvalue weighted by Crippen LogP contribution is -3.08. The van der Waals surface area contributed by atoms with E-state index >= 15 is 0 Å². The number of ether oxygens (including phenoxy) is 2. The fourth-order valence-electron chi connectivity index (χ4n) is 3.09. The fraction of sp³-hybridized carbons (Fsp3) is 0.409. The van der Waals surface area contributed by atoms with Gasteiger partial charge in [0, 0.05) is 5.69 Å². The van der Waals surface area contributed by atoms with Crippen molar-refractivity contribution in [3.05, 3.63) is 53.6 Å². The van der Waals surface area contributed by atoms with Crippen LogP contribution in [0.25, 0.3) is 0 Å². The van der Waals surface area contributed by atoms with E-state index in [1.807, 2.05) is 37.4 Å².